The third-order valence-electron chi connectivity index (χ3n) is 3.27. The molecule has 0 aliphatic carbocycles. The van der Waals surface area contributed by atoms with E-state index in [1.807, 2.05) is 4.98 Å². The number of rotatable bonds is 6. The van der Waals surface area contributed by atoms with E-state index in [1.54, 1.807) is 6.07 Å². The van der Waals surface area contributed by atoms with Crippen molar-refractivity contribution in [2.45, 2.75) is 28.0 Å². The molecule has 1 heterocycles. The van der Waals surface area contributed by atoms with Crippen LogP contribution in [0, 0.1) is 0 Å². The number of ether oxygens (including phenoxy) is 1. The van der Waals surface area contributed by atoms with E-state index >= 15 is 0 Å². The molecule has 0 atom stereocenters. The SMILES string of the molecule is CCOC(=O)c1c(Sc2c(Cl)ccc(CCl)c2Cl)cc(C(F)(F)Cl)[nH]c1=O. The Morgan fingerprint density at radius 1 is 1.33 bits per heavy atom. The van der Waals surface area contributed by atoms with Crippen LogP contribution in [0.1, 0.15) is 28.5 Å². The van der Waals surface area contributed by atoms with Gasteiger partial charge in [-0.25, -0.2) is 4.79 Å². The lowest BCUT2D eigenvalue weighted by Crippen LogP contribution is -2.24. The van der Waals surface area contributed by atoms with Crippen LogP contribution in [0.15, 0.2) is 32.8 Å². The Kier molecular flexibility index (Phi) is 7.44. The molecule has 0 fully saturated rings. The van der Waals surface area contributed by atoms with E-state index in [9.17, 15) is 18.4 Å². The summed E-state index contributed by atoms with van der Waals surface area (Å²) in [6, 6.07) is 4.00. The normalized spacial score (nSPS) is 11.5. The molecule has 27 heavy (non-hydrogen) atoms. The summed E-state index contributed by atoms with van der Waals surface area (Å²) < 4.78 is 31.9. The fourth-order valence-electron chi connectivity index (χ4n) is 2.05. The van der Waals surface area contributed by atoms with Gasteiger partial charge in [0.2, 0.25) is 0 Å². The van der Waals surface area contributed by atoms with Gasteiger partial charge in [-0.1, -0.05) is 41.0 Å². The summed E-state index contributed by atoms with van der Waals surface area (Å²) in [6.07, 6.45) is 0. The minimum Gasteiger partial charge on any atom is -0.462 e. The van der Waals surface area contributed by atoms with E-state index in [0.717, 1.165) is 17.8 Å². The zero-order chi connectivity index (χ0) is 20.4. The second kappa shape index (κ2) is 9.01. The topological polar surface area (TPSA) is 59.2 Å². The molecule has 2 aromatic rings. The number of pyridine rings is 1. The average molecular weight is 477 g/mol. The van der Waals surface area contributed by atoms with Gasteiger partial charge in [-0.3, -0.25) is 4.79 Å². The third kappa shape index (κ3) is 5.09. The van der Waals surface area contributed by atoms with Crippen LogP contribution in [-0.4, -0.2) is 17.6 Å². The number of nitrogens with one attached hydrogen (secondary N) is 1. The predicted octanol–water partition coefficient (Wildman–Crippen LogP) is 6.04. The van der Waals surface area contributed by atoms with Crippen molar-refractivity contribution in [2.75, 3.05) is 6.61 Å². The van der Waals surface area contributed by atoms with Gasteiger partial charge in [0.15, 0.2) is 0 Å². The monoisotopic (exact) mass is 475 g/mol. The van der Waals surface area contributed by atoms with Crippen molar-refractivity contribution in [2.24, 2.45) is 0 Å². The van der Waals surface area contributed by atoms with Crippen LogP contribution in [0.25, 0.3) is 0 Å². The van der Waals surface area contributed by atoms with Crippen LogP contribution >= 0.6 is 58.2 Å². The molecule has 0 radical (unpaired) electrons. The van der Waals surface area contributed by atoms with Gasteiger partial charge >= 0.3 is 11.4 Å². The Morgan fingerprint density at radius 2 is 2.00 bits per heavy atom. The fraction of sp³-hybridized carbons (Fsp3) is 0.250. The summed E-state index contributed by atoms with van der Waals surface area (Å²) in [4.78, 5) is 26.4. The van der Waals surface area contributed by atoms with Gasteiger partial charge in [0.05, 0.1) is 16.7 Å². The highest BCUT2D eigenvalue weighted by Crippen LogP contribution is 2.42. The maximum atomic E-state index is 13.5. The Morgan fingerprint density at radius 3 is 2.56 bits per heavy atom. The number of H-pyrrole nitrogens is 1. The molecule has 4 nitrogen and oxygen atoms in total. The Labute approximate surface area is 177 Å². The van der Waals surface area contributed by atoms with Gasteiger partial charge in [-0.2, -0.15) is 8.78 Å². The number of aromatic amines is 1. The summed E-state index contributed by atoms with van der Waals surface area (Å²) in [7, 11) is 0. The maximum absolute atomic E-state index is 13.5. The lowest BCUT2D eigenvalue weighted by Gasteiger charge is -2.15. The molecule has 2 rings (SSSR count). The zero-order valence-corrected chi connectivity index (χ0v) is 17.4. The first-order chi connectivity index (χ1) is 12.6. The molecule has 0 bridgehead atoms. The van der Waals surface area contributed by atoms with Crippen molar-refractivity contribution in [3.8, 4) is 0 Å². The molecule has 0 aliphatic rings. The Hall–Kier alpha value is -0.990. The lowest BCUT2D eigenvalue weighted by atomic mass is 10.2. The second-order valence-electron chi connectivity index (χ2n) is 5.05. The predicted molar refractivity (Wildman–Crippen MR) is 103 cm³/mol. The molecular weight excluding hydrogens is 466 g/mol. The molecule has 146 valence electrons. The van der Waals surface area contributed by atoms with Crippen molar-refractivity contribution in [1.82, 2.24) is 4.98 Å². The lowest BCUT2D eigenvalue weighted by molar-refractivity contribution is 0.0517. The standard InChI is InChI=1S/C16H11Cl4F2NO3S/c1-2-26-15(25)11-9(5-10(16(20,21)22)23-14(11)24)27-13-8(18)4-3-7(6-17)12(13)19/h3-5H,2,6H2,1H3,(H,23,24). The first-order valence-corrected chi connectivity index (χ1v) is 9.81. The van der Waals surface area contributed by atoms with E-state index in [4.69, 9.17) is 51.1 Å². The summed E-state index contributed by atoms with van der Waals surface area (Å²) in [5.74, 6) is -0.902. The average Bonchev–Trinajstić information content (AvgIpc) is 2.57. The van der Waals surface area contributed by atoms with E-state index in [0.29, 0.717) is 5.56 Å². The van der Waals surface area contributed by atoms with Crippen LogP contribution < -0.4 is 5.56 Å². The van der Waals surface area contributed by atoms with E-state index in [1.165, 1.54) is 13.0 Å². The molecule has 1 aromatic carbocycles. The minimum atomic E-state index is -3.85. The number of aromatic nitrogens is 1. The van der Waals surface area contributed by atoms with Crippen molar-refractivity contribution in [3.05, 3.63) is 55.4 Å². The summed E-state index contributed by atoms with van der Waals surface area (Å²) in [6.45, 7) is 1.52. The van der Waals surface area contributed by atoms with E-state index in [2.05, 4.69) is 0 Å². The van der Waals surface area contributed by atoms with Gasteiger partial charge in [-0.15, -0.1) is 11.6 Å². The number of hydrogen-bond acceptors (Lipinski definition) is 4. The van der Waals surface area contributed by atoms with Crippen LogP contribution in [0.5, 0.6) is 0 Å². The highest BCUT2D eigenvalue weighted by atomic mass is 35.5. The zero-order valence-electron chi connectivity index (χ0n) is 13.5. The fourth-order valence-corrected chi connectivity index (χ4v) is 4.17. The molecule has 0 spiro atoms. The van der Waals surface area contributed by atoms with Gasteiger partial charge < -0.3 is 9.72 Å². The minimum absolute atomic E-state index is 0.0148. The van der Waals surface area contributed by atoms with Crippen molar-refractivity contribution >= 4 is 64.1 Å². The number of carbonyl (C=O) groups is 1. The summed E-state index contributed by atoms with van der Waals surface area (Å²) in [5.41, 5.74) is -1.88. The number of esters is 1. The third-order valence-corrected chi connectivity index (χ3v) is 5.90. The number of carbonyl (C=O) groups excluding carboxylic acids is 1. The number of hydrogen-bond donors (Lipinski definition) is 1. The van der Waals surface area contributed by atoms with Gasteiger partial charge in [-0.05, 0) is 36.2 Å². The number of alkyl halides is 4. The van der Waals surface area contributed by atoms with E-state index < -0.39 is 28.2 Å². The molecule has 0 saturated carbocycles. The van der Waals surface area contributed by atoms with Crippen LogP contribution in [-0.2, 0) is 16.0 Å². The van der Waals surface area contributed by atoms with Crippen molar-refractivity contribution in [3.63, 3.8) is 0 Å². The molecule has 0 saturated heterocycles. The molecule has 0 amide bonds. The highest BCUT2D eigenvalue weighted by molar-refractivity contribution is 7.99. The second-order valence-corrected chi connectivity index (χ2v) is 7.63. The van der Waals surface area contributed by atoms with Gasteiger partial charge in [0.1, 0.15) is 11.3 Å². The smallest absolute Gasteiger partial charge is 0.362 e. The first-order valence-electron chi connectivity index (χ1n) is 7.32. The molecule has 0 aliphatic heterocycles. The number of halogens is 6. The molecule has 1 N–H and O–H groups in total. The summed E-state index contributed by atoms with van der Waals surface area (Å²) >= 11 is 24.0. The number of benzene rings is 1. The van der Waals surface area contributed by atoms with E-state index in [-0.39, 0.29) is 32.3 Å². The quantitative estimate of drug-likeness (QED) is 0.408. The maximum Gasteiger partial charge on any atom is 0.362 e. The van der Waals surface area contributed by atoms with Gasteiger partial charge in [0.25, 0.3) is 5.56 Å². The van der Waals surface area contributed by atoms with Crippen molar-refractivity contribution in [1.29, 1.82) is 0 Å². The Balaban J connectivity index is 2.69. The van der Waals surface area contributed by atoms with Crippen LogP contribution in [0.3, 0.4) is 0 Å². The Bertz CT molecular complexity index is 931. The summed E-state index contributed by atoms with van der Waals surface area (Å²) in [5, 5.41) is -3.49. The first kappa shape index (κ1) is 22.3. The highest BCUT2D eigenvalue weighted by Gasteiger charge is 2.32. The van der Waals surface area contributed by atoms with Crippen LogP contribution in [0.4, 0.5) is 8.78 Å². The molecule has 11 heteroatoms. The largest absolute Gasteiger partial charge is 0.462 e. The molecule has 1 aromatic heterocycles. The van der Waals surface area contributed by atoms with Gasteiger partial charge in [0, 0.05) is 15.7 Å². The van der Waals surface area contributed by atoms with Crippen molar-refractivity contribution < 1.29 is 18.3 Å². The van der Waals surface area contributed by atoms with Crippen LogP contribution in [0.2, 0.25) is 10.0 Å². The molecular formula is C16H11Cl4F2NO3S. The molecule has 0 unspecified atom stereocenters.